The lowest BCUT2D eigenvalue weighted by Gasteiger charge is -2.11. The molecule has 0 saturated heterocycles. The lowest BCUT2D eigenvalue weighted by atomic mass is 10.1. The van der Waals surface area contributed by atoms with Crippen molar-refractivity contribution >= 4 is 40.4 Å². The predicted molar refractivity (Wildman–Crippen MR) is 57.3 cm³/mol. The van der Waals surface area contributed by atoms with Crippen molar-refractivity contribution < 1.29 is 8.78 Å². The summed E-state index contributed by atoms with van der Waals surface area (Å²) in [4.78, 5) is 0. The Morgan fingerprint density at radius 2 is 2.08 bits per heavy atom. The summed E-state index contributed by atoms with van der Waals surface area (Å²) < 4.78 is 22.7. The van der Waals surface area contributed by atoms with Gasteiger partial charge in [0.05, 0.1) is 10.6 Å². The summed E-state index contributed by atoms with van der Waals surface area (Å²) in [7, 11) is 0. The van der Waals surface area contributed by atoms with Crippen molar-refractivity contribution in [2.45, 2.75) is 3.93 Å². The summed E-state index contributed by atoms with van der Waals surface area (Å²) in [5.74, 6) is 0. The fourth-order valence-electron chi connectivity index (χ4n) is 0.880. The average molecular weight is 315 g/mol. The molecule has 0 aliphatic carbocycles. The summed E-state index contributed by atoms with van der Waals surface area (Å²) in [6.45, 7) is 0. The normalized spacial score (nSPS) is 11.4. The highest BCUT2D eigenvalue weighted by Crippen LogP contribution is 2.39. The van der Waals surface area contributed by atoms with E-state index in [4.69, 9.17) is 17.0 Å². The van der Waals surface area contributed by atoms with Crippen LogP contribution in [-0.4, -0.2) is 6.21 Å². The van der Waals surface area contributed by atoms with Gasteiger partial charge in [0, 0.05) is 34.4 Å². The molecule has 13 heavy (non-hydrogen) atoms. The van der Waals surface area contributed by atoms with Crippen LogP contribution in [0.15, 0.2) is 18.2 Å². The maximum atomic E-state index is 12.9. The van der Waals surface area contributed by atoms with E-state index in [-0.39, 0.29) is 10.6 Å². The quantitative estimate of drug-likeness (QED) is 0.487. The van der Waals surface area contributed by atoms with E-state index in [1.165, 1.54) is 18.2 Å². The Labute approximate surface area is 92.7 Å². The van der Waals surface area contributed by atoms with Gasteiger partial charge in [0.15, 0.2) is 0 Å². The summed E-state index contributed by atoms with van der Waals surface area (Å²) >= 11 is 6.67. The van der Waals surface area contributed by atoms with Gasteiger partial charge in [-0.25, -0.2) is 0 Å². The first kappa shape index (κ1) is 10.8. The second-order valence-electron chi connectivity index (χ2n) is 2.35. The van der Waals surface area contributed by atoms with Crippen LogP contribution in [0.2, 0.25) is 5.02 Å². The molecule has 0 fully saturated rings. The zero-order chi connectivity index (χ0) is 10.1. The second-order valence-corrected chi connectivity index (χ2v) is 4.08. The van der Waals surface area contributed by atoms with E-state index in [1.54, 1.807) is 0 Å². The van der Waals surface area contributed by atoms with Crippen molar-refractivity contribution in [3.8, 4) is 0 Å². The summed E-state index contributed by atoms with van der Waals surface area (Å²) in [6, 6.07) is 4.22. The van der Waals surface area contributed by atoms with Crippen LogP contribution in [0.3, 0.4) is 0 Å². The van der Waals surface area contributed by atoms with Crippen LogP contribution in [-0.2, 0) is 3.93 Å². The van der Waals surface area contributed by atoms with Crippen LogP contribution in [0.4, 0.5) is 8.78 Å². The van der Waals surface area contributed by atoms with Crippen molar-refractivity contribution in [1.29, 1.82) is 5.41 Å². The molecule has 0 aromatic heterocycles. The molecule has 5 heteroatoms. The zero-order valence-corrected chi connectivity index (χ0v) is 9.23. The van der Waals surface area contributed by atoms with Crippen LogP contribution >= 0.6 is 34.2 Å². The number of rotatable bonds is 2. The number of nitrogens with one attached hydrogen (secondary N) is 1. The summed E-state index contributed by atoms with van der Waals surface area (Å²) in [5.41, 5.74) is 0.0475. The Hall–Kier alpha value is -0.230. The molecule has 0 aliphatic rings. The lowest BCUT2D eigenvalue weighted by Crippen LogP contribution is -2.04. The summed E-state index contributed by atoms with van der Waals surface area (Å²) in [6.07, 6.45) is 0.953. The molecule has 0 spiro atoms. The smallest absolute Gasteiger partial charge is 0.308 e. The molecule has 0 bridgehead atoms. The molecule has 0 aliphatic heterocycles. The number of hydrogen-bond acceptors (Lipinski definition) is 1. The van der Waals surface area contributed by atoms with Crippen molar-refractivity contribution in [1.82, 2.24) is 0 Å². The first-order valence-electron chi connectivity index (χ1n) is 3.33. The van der Waals surface area contributed by atoms with Gasteiger partial charge in [-0.3, -0.25) is 0 Å². The maximum absolute atomic E-state index is 12.9. The van der Waals surface area contributed by atoms with Gasteiger partial charge in [0.1, 0.15) is 0 Å². The molecule has 1 N–H and O–H groups in total. The Bertz CT molecular complexity index is 335. The average Bonchev–Trinajstić information content (AvgIpc) is 2.02. The molecule has 0 radical (unpaired) electrons. The number of alkyl halides is 3. The first-order valence-corrected chi connectivity index (χ1v) is 4.78. The minimum absolute atomic E-state index is 0.0584. The predicted octanol–water partition coefficient (Wildman–Crippen LogP) is 3.82. The van der Waals surface area contributed by atoms with Crippen LogP contribution in [0, 0.1) is 5.41 Å². The lowest BCUT2D eigenvalue weighted by molar-refractivity contribution is 0.127. The number of benzene rings is 1. The molecular formula is C8H5ClF2IN. The SMILES string of the molecule is N=Cc1cccc(C(F)(F)I)c1Cl. The van der Waals surface area contributed by atoms with E-state index in [0.29, 0.717) is 5.56 Å². The van der Waals surface area contributed by atoms with Crippen LogP contribution < -0.4 is 0 Å². The van der Waals surface area contributed by atoms with Gasteiger partial charge in [0.2, 0.25) is 0 Å². The van der Waals surface area contributed by atoms with Gasteiger partial charge >= 0.3 is 3.93 Å². The van der Waals surface area contributed by atoms with Gasteiger partial charge in [-0.15, -0.1) is 0 Å². The second kappa shape index (κ2) is 3.88. The van der Waals surface area contributed by atoms with Crippen LogP contribution in [0.25, 0.3) is 0 Å². The molecule has 0 atom stereocenters. The number of halogens is 4. The Morgan fingerprint density at radius 1 is 1.46 bits per heavy atom. The van der Waals surface area contributed by atoms with E-state index >= 15 is 0 Å². The molecule has 0 heterocycles. The van der Waals surface area contributed by atoms with Crippen molar-refractivity contribution in [2.24, 2.45) is 0 Å². The van der Waals surface area contributed by atoms with E-state index in [1.807, 2.05) is 0 Å². The zero-order valence-electron chi connectivity index (χ0n) is 6.32. The Balaban J connectivity index is 3.32. The number of hydrogen-bond donors (Lipinski definition) is 1. The standard InChI is InChI=1S/C8H5ClF2IN/c9-7-5(4-13)2-1-3-6(7)8(10,11)12/h1-4,13H. The molecule has 1 nitrogen and oxygen atoms in total. The highest BCUT2D eigenvalue weighted by atomic mass is 127. The van der Waals surface area contributed by atoms with E-state index in [0.717, 1.165) is 28.8 Å². The third-order valence-corrected chi connectivity index (χ3v) is 2.49. The topological polar surface area (TPSA) is 23.9 Å². The van der Waals surface area contributed by atoms with Crippen LogP contribution in [0.5, 0.6) is 0 Å². The van der Waals surface area contributed by atoms with E-state index in [2.05, 4.69) is 0 Å². The highest BCUT2D eigenvalue weighted by molar-refractivity contribution is 14.1. The molecule has 0 amide bonds. The molecule has 70 valence electrons. The van der Waals surface area contributed by atoms with Gasteiger partial charge in [-0.05, 0) is 0 Å². The Morgan fingerprint density at radius 3 is 2.54 bits per heavy atom. The molecule has 0 saturated carbocycles. The van der Waals surface area contributed by atoms with Gasteiger partial charge in [-0.1, -0.05) is 29.8 Å². The van der Waals surface area contributed by atoms with Crippen molar-refractivity contribution in [2.75, 3.05) is 0 Å². The highest BCUT2D eigenvalue weighted by Gasteiger charge is 2.29. The maximum Gasteiger partial charge on any atom is 0.323 e. The first-order chi connectivity index (χ1) is 5.96. The minimum Gasteiger partial charge on any atom is -0.308 e. The fourth-order valence-corrected chi connectivity index (χ4v) is 1.79. The molecule has 1 aromatic carbocycles. The van der Waals surface area contributed by atoms with Gasteiger partial charge in [-0.2, -0.15) is 8.78 Å². The van der Waals surface area contributed by atoms with E-state index in [9.17, 15) is 8.78 Å². The third-order valence-electron chi connectivity index (χ3n) is 1.49. The molecule has 1 aromatic rings. The molecular weight excluding hydrogens is 310 g/mol. The van der Waals surface area contributed by atoms with Gasteiger partial charge in [0.25, 0.3) is 0 Å². The van der Waals surface area contributed by atoms with Crippen molar-refractivity contribution in [3.05, 3.63) is 34.3 Å². The molecule has 0 unspecified atom stereocenters. The largest absolute Gasteiger partial charge is 0.323 e. The summed E-state index contributed by atoms with van der Waals surface area (Å²) in [5, 5.41) is 6.87. The fraction of sp³-hybridized carbons (Fsp3) is 0.125. The van der Waals surface area contributed by atoms with E-state index < -0.39 is 3.93 Å². The van der Waals surface area contributed by atoms with Crippen molar-refractivity contribution in [3.63, 3.8) is 0 Å². The monoisotopic (exact) mass is 315 g/mol. The third kappa shape index (κ3) is 2.37. The Kier molecular flexibility index (Phi) is 3.23. The van der Waals surface area contributed by atoms with Crippen LogP contribution in [0.1, 0.15) is 11.1 Å². The molecule has 1 rings (SSSR count). The minimum atomic E-state index is -2.99. The van der Waals surface area contributed by atoms with Gasteiger partial charge < -0.3 is 5.41 Å².